The van der Waals surface area contributed by atoms with E-state index in [-0.39, 0.29) is 18.8 Å². The first-order valence-corrected chi connectivity index (χ1v) is 6.93. The number of aromatic nitrogens is 2. The lowest BCUT2D eigenvalue weighted by atomic mass is 10.2. The normalized spacial score (nSPS) is 26.7. The van der Waals surface area contributed by atoms with Gasteiger partial charge in [-0.2, -0.15) is 4.98 Å². The Balaban J connectivity index is 2.02. The third-order valence-corrected chi connectivity index (χ3v) is 3.52. The van der Waals surface area contributed by atoms with Gasteiger partial charge in [0.15, 0.2) is 0 Å². The van der Waals surface area contributed by atoms with Crippen LogP contribution in [-0.2, 0) is 18.3 Å². The number of anilines is 1. The van der Waals surface area contributed by atoms with E-state index in [4.69, 9.17) is 15.0 Å². The van der Waals surface area contributed by atoms with Crippen LogP contribution in [-0.4, -0.2) is 40.6 Å². The van der Waals surface area contributed by atoms with E-state index < -0.39 is 32.4 Å². The van der Waals surface area contributed by atoms with E-state index in [0.717, 1.165) is 0 Å². The van der Waals surface area contributed by atoms with Crippen LogP contribution in [0.2, 0.25) is 0 Å². The third-order valence-electron chi connectivity index (χ3n) is 2.86. The molecule has 3 N–H and O–H groups in total. The lowest BCUT2D eigenvalue weighted by Crippen LogP contribution is -2.28. The minimum absolute atomic E-state index is 0.0993. The fourth-order valence-corrected chi connectivity index (χ4v) is 2.24. The Morgan fingerprint density at radius 1 is 1.70 bits per heavy atom. The molecule has 0 aliphatic carbocycles. The Kier molecular flexibility index (Phi) is 4.79. The Morgan fingerprint density at radius 3 is 3.10 bits per heavy atom. The second-order valence-corrected chi connectivity index (χ2v) is 5.25. The van der Waals surface area contributed by atoms with Crippen LogP contribution in [0.1, 0.15) is 12.6 Å². The first kappa shape index (κ1) is 15.0. The quantitative estimate of drug-likeness (QED) is 0.716. The van der Waals surface area contributed by atoms with Crippen molar-refractivity contribution in [3.8, 4) is 0 Å². The highest BCUT2D eigenvalue weighted by atomic mass is 31.1. The highest BCUT2D eigenvalue weighted by molar-refractivity contribution is 7.33. The molecule has 2 unspecified atom stereocenters. The molecule has 0 radical (unpaired) electrons. The molecule has 2 rings (SSSR count). The molecular weight excluding hydrogens is 289 g/mol. The average Bonchev–Trinajstić information content (AvgIpc) is 2.77. The summed E-state index contributed by atoms with van der Waals surface area (Å²) in [4.78, 5) is 15.2. The number of hydrogen-bond acceptors (Lipinski definition) is 8. The van der Waals surface area contributed by atoms with Gasteiger partial charge in [0.2, 0.25) is 0 Å². The highest BCUT2D eigenvalue weighted by Crippen LogP contribution is 2.30. The molecule has 1 aromatic heterocycles. The number of nitrogen functional groups attached to an aromatic ring is 1. The van der Waals surface area contributed by atoms with Crippen molar-refractivity contribution in [1.29, 1.82) is 0 Å². The average molecular weight is 304 g/mol. The molecule has 0 bridgehead atoms. The van der Waals surface area contributed by atoms with Crippen LogP contribution in [0.4, 0.5) is 5.82 Å². The smallest absolute Gasteiger partial charge is 0.390 e. The van der Waals surface area contributed by atoms with Gasteiger partial charge in [-0.15, -0.1) is 9.05 Å². The topological polar surface area (TPSA) is 126 Å². The van der Waals surface area contributed by atoms with Crippen molar-refractivity contribution in [3.05, 3.63) is 22.7 Å². The molecule has 1 aliphatic rings. The minimum atomic E-state index is -2.23. The molecule has 0 saturated carbocycles. The van der Waals surface area contributed by atoms with Crippen LogP contribution in [0.3, 0.4) is 0 Å². The molecular formula is C10H15N3O6P+. The van der Waals surface area contributed by atoms with E-state index in [9.17, 15) is 14.5 Å². The molecule has 1 fully saturated rings. The number of hydrogen-bond donors (Lipinski definition) is 2. The SMILES string of the molecule is CO[P+](=O)OC[C@H]1O[C@@H](n2ccc(N)nc2=O)CC1O. The summed E-state index contributed by atoms with van der Waals surface area (Å²) in [6.45, 7) is -0.0993. The summed E-state index contributed by atoms with van der Waals surface area (Å²) in [6.07, 6.45) is -0.563. The standard InChI is InChI=1S/C10H14N3O6P/c1-17-20(16)18-5-7-6(14)4-9(19-7)13-3-2-8(11)12-10(13)15/h2-3,6-7,9,14H,4-5H2,1H3,(H-,11,12,15)/p+1/t6?,7-,9-/m1/s1. The van der Waals surface area contributed by atoms with E-state index >= 15 is 0 Å². The second-order valence-electron chi connectivity index (χ2n) is 4.18. The maximum Gasteiger partial charge on any atom is 0.697 e. The van der Waals surface area contributed by atoms with Gasteiger partial charge in [-0.1, -0.05) is 0 Å². The van der Waals surface area contributed by atoms with Gasteiger partial charge in [-0.25, -0.2) is 4.79 Å². The Labute approximate surface area is 115 Å². The van der Waals surface area contributed by atoms with Crippen LogP contribution >= 0.6 is 8.25 Å². The Morgan fingerprint density at radius 2 is 2.45 bits per heavy atom. The van der Waals surface area contributed by atoms with E-state index in [1.54, 1.807) is 0 Å². The molecule has 0 amide bonds. The zero-order chi connectivity index (χ0) is 14.7. The molecule has 1 aliphatic heterocycles. The molecule has 4 atom stereocenters. The molecule has 9 nitrogen and oxygen atoms in total. The van der Waals surface area contributed by atoms with E-state index in [0.29, 0.717) is 0 Å². The van der Waals surface area contributed by atoms with Gasteiger partial charge in [0.25, 0.3) is 0 Å². The Hall–Kier alpha value is -1.38. The van der Waals surface area contributed by atoms with Crippen LogP contribution in [0.15, 0.2) is 17.1 Å². The number of aliphatic hydroxyl groups excluding tert-OH is 1. The molecule has 2 heterocycles. The largest absolute Gasteiger partial charge is 0.697 e. The molecule has 10 heteroatoms. The lowest BCUT2D eigenvalue weighted by molar-refractivity contribution is -0.0415. The van der Waals surface area contributed by atoms with Gasteiger partial charge in [0.1, 0.15) is 24.8 Å². The van der Waals surface area contributed by atoms with E-state index in [1.165, 1.54) is 23.9 Å². The molecule has 1 saturated heterocycles. The first-order chi connectivity index (χ1) is 9.51. The summed E-state index contributed by atoms with van der Waals surface area (Å²) in [5.41, 5.74) is 4.83. The van der Waals surface area contributed by atoms with Crippen molar-refractivity contribution in [2.24, 2.45) is 0 Å². The number of aliphatic hydroxyl groups is 1. The number of ether oxygens (including phenoxy) is 1. The molecule has 0 spiro atoms. The van der Waals surface area contributed by atoms with Crippen molar-refractivity contribution >= 4 is 14.1 Å². The van der Waals surface area contributed by atoms with Crippen molar-refractivity contribution in [1.82, 2.24) is 9.55 Å². The fourth-order valence-electron chi connectivity index (χ4n) is 1.87. The molecule has 0 aromatic carbocycles. The molecule has 110 valence electrons. The van der Waals surface area contributed by atoms with Gasteiger partial charge < -0.3 is 15.6 Å². The first-order valence-electron chi connectivity index (χ1n) is 5.83. The van der Waals surface area contributed by atoms with Gasteiger partial charge in [-0.3, -0.25) is 4.57 Å². The van der Waals surface area contributed by atoms with E-state index in [1.807, 2.05) is 0 Å². The van der Waals surface area contributed by atoms with Crippen molar-refractivity contribution in [2.75, 3.05) is 19.5 Å². The summed E-state index contributed by atoms with van der Waals surface area (Å²) in [5.74, 6) is 0.113. The fraction of sp³-hybridized carbons (Fsp3) is 0.600. The zero-order valence-electron chi connectivity index (χ0n) is 10.7. The van der Waals surface area contributed by atoms with Gasteiger partial charge in [0, 0.05) is 17.2 Å². The monoisotopic (exact) mass is 304 g/mol. The van der Waals surface area contributed by atoms with E-state index in [2.05, 4.69) is 9.51 Å². The predicted molar refractivity (Wildman–Crippen MR) is 68.0 cm³/mol. The molecule has 1 aromatic rings. The number of nitrogens with two attached hydrogens (primary N) is 1. The van der Waals surface area contributed by atoms with Gasteiger partial charge >= 0.3 is 13.9 Å². The second kappa shape index (κ2) is 6.38. The van der Waals surface area contributed by atoms with Crippen LogP contribution in [0.25, 0.3) is 0 Å². The van der Waals surface area contributed by atoms with Crippen molar-refractivity contribution < 1.29 is 23.5 Å². The van der Waals surface area contributed by atoms with Crippen LogP contribution in [0, 0.1) is 0 Å². The predicted octanol–water partition coefficient (Wildman–Crippen LogP) is -0.206. The van der Waals surface area contributed by atoms with Gasteiger partial charge in [0.05, 0.1) is 13.2 Å². The number of nitrogens with zero attached hydrogens (tertiary/aromatic N) is 2. The minimum Gasteiger partial charge on any atom is -0.390 e. The highest BCUT2D eigenvalue weighted by Gasteiger charge is 2.37. The van der Waals surface area contributed by atoms with Gasteiger partial charge in [-0.05, 0) is 6.07 Å². The maximum absolute atomic E-state index is 11.7. The summed E-state index contributed by atoms with van der Waals surface area (Å²) in [6, 6.07) is 1.46. The van der Waals surface area contributed by atoms with Crippen LogP contribution in [0.5, 0.6) is 0 Å². The summed E-state index contributed by atoms with van der Waals surface area (Å²) in [5, 5.41) is 9.85. The maximum atomic E-state index is 11.7. The third kappa shape index (κ3) is 3.38. The van der Waals surface area contributed by atoms with Crippen molar-refractivity contribution in [2.45, 2.75) is 24.9 Å². The zero-order valence-corrected chi connectivity index (χ0v) is 11.6. The summed E-state index contributed by atoms with van der Waals surface area (Å²) >= 11 is 0. The summed E-state index contributed by atoms with van der Waals surface area (Å²) in [7, 11) is -0.988. The Bertz CT molecular complexity index is 550. The number of rotatable bonds is 5. The lowest BCUT2D eigenvalue weighted by Gasteiger charge is -2.13. The van der Waals surface area contributed by atoms with Crippen LogP contribution < -0.4 is 11.4 Å². The molecule has 20 heavy (non-hydrogen) atoms. The van der Waals surface area contributed by atoms with Crippen molar-refractivity contribution in [3.63, 3.8) is 0 Å². The summed E-state index contributed by atoms with van der Waals surface area (Å²) < 4.78 is 27.1.